The lowest BCUT2D eigenvalue weighted by molar-refractivity contribution is 0.0521. The van der Waals surface area contributed by atoms with E-state index < -0.39 is 11.7 Å². The predicted octanol–water partition coefficient (Wildman–Crippen LogP) is 2.24. The Morgan fingerprint density at radius 2 is 2.08 bits per heavy atom. The van der Waals surface area contributed by atoms with Gasteiger partial charge in [0.15, 0.2) is 0 Å². The van der Waals surface area contributed by atoms with E-state index >= 15 is 0 Å². The van der Waals surface area contributed by atoms with Crippen LogP contribution in [0.1, 0.15) is 32.3 Å². The van der Waals surface area contributed by atoms with Crippen molar-refractivity contribution in [2.24, 2.45) is 0 Å². The van der Waals surface area contributed by atoms with E-state index in [9.17, 15) is 9.90 Å². The fourth-order valence-electron chi connectivity index (χ4n) is 2.26. The first-order chi connectivity index (χ1) is 11.3. The number of pyridine rings is 2. The molecule has 0 saturated heterocycles. The van der Waals surface area contributed by atoms with E-state index in [0.717, 1.165) is 5.56 Å². The molecule has 0 aliphatic rings. The average molecular weight is 333 g/mol. The standard InChI is InChI=1S/C17H23N3O4/c1-17(2,3)24-16(22)19-9-11(10-21)12-7-8-18-13-5-6-14(23-4)20-15(12)13/h5-8,11,21H,9-10H2,1-4H3,(H,19,22)/t11-/m0/s1. The summed E-state index contributed by atoms with van der Waals surface area (Å²) in [7, 11) is 1.54. The Kier molecular flexibility index (Phi) is 5.56. The number of hydrogen-bond donors (Lipinski definition) is 2. The van der Waals surface area contributed by atoms with Gasteiger partial charge in [-0.3, -0.25) is 4.98 Å². The van der Waals surface area contributed by atoms with Gasteiger partial charge in [-0.25, -0.2) is 9.78 Å². The van der Waals surface area contributed by atoms with Crippen LogP contribution in [0.15, 0.2) is 24.4 Å². The molecule has 24 heavy (non-hydrogen) atoms. The van der Waals surface area contributed by atoms with Crippen molar-refractivity contribution >= 4 is 17.1 Å². The van der Waals surface area contributed by atoms with Gasteiger partial charge in [0.25, 0.3) is 0 Å². The van der Waals surface area contributed by atoms with E-state index in [2.05, 4.69) is 15.3 Å². The second kappa shape index (κ2) is 7.44. The number of hydrogen-bond acceptors (Lipinski definition) is 6. The Morgan fingerprint density at radius 3 is 2.71 bits per heavy atom. The first-order valence-corrected chi connectivity index (χ1v) is 7.71. The fraction of sp³-hybridized carbons (Fsp3) is 0.471. The van der Waals surface area contributed by atoms with Crippen LogP contribution in [0.5, 0.6) is 5.88 Å². The van der Waals surface area contributed by atoms with Crippen LogP contribution in [0.4, 0.5) is 4.79 Å². The molecule has 0 aliphatic heterocycles. The molecule has 1 atom stereocenters. The number of nitrogens with one attached hydrogen (secondary N) is 1. The summed E-state index contributed by atoms with van der Waals surface area (Å²) in [4.78, 5) is 20.5. The summed E-state index contributed by atoms with van der Waals surface area (Å²) in [5, 5.41) is 12.4. The maximum atomic E-state index is 11.8. The van der Waals surface area contributed by atoms with Crippen LogP contribution >= 0.6 is 0 Å². The van der Waals surface area contributed by atoms with Crippen molar-refractivity contribution in [3.8, 4) is 5.88 Å². The highest BCUT2D eigenvalue weighted by molar-refractivity contribution is 5.79. The van der Waals surface area contributed by atoms with Crippen LogP contribution in [0.2, 0.25) is 0 Å². The average Bonchev–Trinajstić information content (AvgIpc) is 2.53. The Hall–Kier alpha value is -2.41. The van der Waals surface area contributed by atoms with E-state index in [1.165, 1.54) is 7.11 Å². The first-order valence-electron chi connectivity index (χ1n) is 7.71. The summed E-state index contributed by atoms with van der Waals surface area (Å²) in [6.45, 7) is 5.46. The number of carbonyl (C=O) groups is 1. The second-order valence-electron chi connectivity index (χ2n) is 6.38. The molecule has 130 valence electrons. The summed E-state index contributed by atoms with van der Waals surface area (Å²) < 4.78 is 10.4. The molecule has 7 heteroatoms. The fourth-order valence-corrected chi connectivity index (χ4v) is 2.26. The lowest BCUT2D eigenvalue weighted by atomic mass is 9.99. The maximum absolute atomic E-state index is 11.8. The van der Waals surface area contributed by atoms with Gasteiger partial charge < -0.3 is 19.9 Å². The van der Waals surface area contributed by atoms with Crippen molar-refractivity contribution in [2.45, 2.75) is 32.3 Å². The molecule has 0 aromatic carbocycles. The summed E-state index contributed by atoms with van der Waals surface area (Å²) in [5.74, 6) is 0.135. The van der Waals surface area contributed by atoms with Gasteiger partial charge in [0.2, 0.25) is 5.88 Å². The molecule has 0 spiro atoms. The molecule has 0 radical (unpaired) electrons. The smallest absolute Gasteiger partial charge is 0.407 e. The zero-order valence-corrected chi connectivity index (χ0v) is 14.4. The highest BCUT2D eigenvalue weighted by Crippen LogP contribution is 2.24. The number of aromatic nitrogens is 2. The predicted molar refractivity (Wildman–Crippen MR) is 90.2 cm³/mol. The minimum absolute atomic E-state index is 0.145. The normalized spacial score (nSPS) is 12.7. The number of ether oxygens (including phenoxy) is 2. The number of nitrogens with zero attached hydrogens (tertiary/aromatic N) is 2. The molecular weight excluding hydrogens is 310 g/mol. The molecular formula is C17H23N3O4. The number of aliphatic hydroxyl groups is 1. The third-order valence-electron chi connectivity index (χ3n) is 3.35. The van der Waals surface area contributed by atoms with Crippen LogP contribution in [-0.2, 0) is 4.74 Å². The van der Waals surface area contributed by atoms with Gasteiger partial charge in [-0.15, -0.1) is 0 Å². The monoisotopic (exact) mass is 333 g/mol. The maximum Gasteiger partial charge on any atom is 0.407 e. The number of rotatable bonds is 5. The van der Waals surface area contributed by atoms with Crippen molar-refractivity contribution in [3.63, 3.8) is 0 Å². The topological polar surface area (TPSA) is 93.6 Å². The van der Waals surface area contributed by atoms with Crippen molar-refractivity contribution in [1.82, 2.24) is 15.3 Å². The molecule has 0 fully saturated rings. The molecule has 2 aromatic rings. The minimum atomic E-state index is -0.572. The third kappa shape index (κ3) is 4.55. The Bertz CT molecular complexity index is 713. The number of alkyl carbamates (subject to hydrolysis) is 1. The third-order valence-corrected chi connectivity index (χ3v) is 3.35. The summed E-state index contributed by atoms with van der Waals surface area (Å²) >= 11 is 0. The SMILES string of the molecule is COc1ccc2nccc([C@H](CO)CNC(=O)OC(C)(C)C)c2n1. The van der Waals surface area contributed by atoms with Gasteiger partial charge in [-0.2, -0.15) is 0 Å². The quantitative estimate of drug-likeness (QED) is 0.871. The lowest BCUT2D eigenvalue weighted by Gasteiger charge is -2.21. The molecule has 1 amide bonds. The van der Waals surface area contributed by atoms with E-state index in [0.29, 0.717) is 16.9 Å². The number of aliphatic hydroxyl groups excluding tert-OH is 1. The number of carbonyl (C=O) groups excluding carboxylic acids is 1. The summed E-state index contributed by atoms with van der Waals surface area (Å²) in [6.07, 6.45) is 1.13. The van der Waals surface area contributed by atoms with Crippen LogP contribution in [0.3, 0.4) is 0 Å². The number of amides is 1. The largest absolute Gasteiger partial charge is 0.481 e. The molecule has 0 aliphatic carbocycles. The van der Waals surface area contributed by atoms with Gasteiger partial charge in [0.05, 0.1) is 24.8 Å². The Morgan fingerprint density at radius 1 is 1.33 bits per heavy atom. The van der Waals surface area contributed by atoms with Gasteiger partial charge in [0.1, 0.15) is 5.60 Å². The van der Waals surface area contributed by atoms with E-state index in [1.807, 2.05) is 0 Å². The molecule has 7 nitrogen and oxygen atoms in total. The van der Waals surface area contributed by atoms with E-state index in [1.54, 1.807) is 45.2 Å². The van der Waals surface area contributed by atoms with Gasteiger partial charge in [-0.1, -0.05) is 0 Å². The van der Waals surface area contributed by atoms with E-state index in [4.69, 9.17) is 9.47 Å². The minimum Gasteiger partial charge on any atom is -0.481 e. The highest BCUT2D eigenvalue weighted by atomic mass is 16.6. The van der Waals surface area contributed by atoms with Gasteiger partial charge in [0, 0.05) is 24.7 Å². The molecule has 0 unspecified atom stereocenters. The highest BCUT2D eigenvalue weighted by Gasteiger charge is 2.20. The lowest BCUT2D eigenvalue weighted by Crippen LogP contribution is -2.35. The molecule has 2 aromatic heterocycles. The summed E-state index contributed by atoms with van der Waals surface area (Å²) in [6, 6.07) is 5.32. The van der Waals surface area contributed by atoms with Crippen LogP contribution in [0.25, 0.3) is 11.0 Å². The van der Waals surface area contributed by atoms with Crippen molar-refractivity contribution in [1.29, 1.82) is 0 Å². The Labute approximate surface area is 141 Å². The van der Waals surface area contributed by atoms with Gasteiger partial charge >= 0.3 is 6.09 Å². The first kappa shape index (κ1) is 17.9. The molecule has 2 N–H and O–H groups in total. The number of methoxy groups -OCH3 is 1. The second-order valence-corrected chi connectivity index (χ2v) is 6.38. The van der Waals surface area contributed by atoms with Crippen molar-refractivity contribution in [3.05, 3.63) is 30.0 Å². The molecule has 0 saturated carbocycles. The van der Waals surface area contributed by atoms with Gasteiger partial charge in [-0.05, 0) is 38.5 Å². The number of fused-ring (bicyclic) bond motifs is 1. The zero-order valence-electron chi connectivity index (χ0n) is 14.4. The molecule has 0 bridgehead atoms. The Balaban J connectivity index is 2.21. The van der Waals surface area contributed by atoms with Crippen molar-refractivity contribution in [2.75, 3.05) is 20.3 Å². The van der Waals surface area contributed by atoms with Crippen LogP contribution < -0.4 is 10.1 Å². The van der Waals surface area contributed by atoms with Crippen molar-refractivity contribution < 1.29 is 19.4 Å². The summed E-state index contributed by atoms with van der Waals surface area (Å²) in [5.41, 5.74) is 1.56. The molecule has 2 heterocycles. The molecule has 2 rings (SSSR count). The zero-order chi connectivity index (χ0) is 17.7. The van der Waals surface area contributed by atoms with E-state index in [-0.39, 0.29) is 19.1 Å². The van der Waals surface area contributed by atoms with Crippen LogP contribution in [0, 0.1) is 0 Å². The van der Waals surface area contributed by atoms with Crippen LogP contribution in [-0.4, -0.2) is 47.0 Å².